The van der Waals surface area contributed by atoms with Crippen molar-refractivity contribution < 1.29 is 9.47 Å². The summed E-state index contributed by atoms with van der Waals surface area (Å²) < 4.78 is 13.0. The average Bonchev–Trinajstić information content (AvgIpc) is 3.26. The molecule has 0 bridgehead atoms. The van der Waals surface area contributed by atoms with E-state index in [-0.39, 0.29) is 0 Å². The van der Waals surface area contributed by atoms with Gasteiger partial charge in [0.05, 0.1) is 35.5 Å². The molecule has 0 fully saturated rings. The predicted octanol–water partition coefficient (Wildman–Crippen LogP) is 4.83. The van der Waals surface area contributed by atoms with E-state index in [1.165, 1.54) is 0 Å². The third-order valence-electron chi connectivity index (χ3n) is 4.46. The van der Waals surface area contributed by atoms with Crippen molar-refractivity contribution in [2.24, 2.45) is 0 Å². The molecule has 7 heteroatoms. The van der Waals surface area contributed by atoms with Gasteiger partial charge < -0.3 is 14.8 Å². The van der Waals surface area contributed by atoms with Crippen molar-refractivity contribution in [1.82, 2.24) is 9.78 Å². The van der Waals surface area contributed by atoms with Gasteiger partial charge in [0.2, 0.25) is 0 Å². The molecule has 1 aliphatic rings. The van der Waals surface area contributed by atoms with Gasteiger partial charge in [0.25, 0.3) is 0 Å². The minimum Gasteiger partial charge on any atom is -0.496 e. The van der Waals surface area contributed by atoms with Crippen LogP contribution in [0.15, 0.2) is 36.4 Å². The summed E-state index contributed by atoms with van der Waals surface area (Å²) in [7, 11) is 3.29. The number of hydrogen-bond donors (Lipinski definition) is 1. The first-order valence-corrected chi connectivity index (χ1v) is 8.92. The molecule has 0 radical (unpaired) electrons. The lowest BCUT2D eigenvalue weighted by molar-refractivity contribution is 0.397. The Hall–Kier alpha value is -2.37. The largest absolute Gasteiger partial charge is 0.496 e. The Morgan fingerprint density at radius 3 is 2.42 bits per heavy atom. The highest BCUT2D eigenvalue weighted by Gasteiger charge is 2.27. The van der Waals surface area contributed by atoms with Crippen molar-refractivity contribution in [3.8, 4) is 28.4 Å². The van der Waals surface area contributed by atoms with Gasteiger partial charge in [-0.2, -0.15) is 5.10 Å². The van der Waals surface area contributed by atoms with Crippen LogP contribution in [0.2, 0.25) is 10.0 Å². The van der Waals surface area contributed by atoms with Crippen LogP contribution in [0.4, 0.5) is 5.82 Å². The molecule has 0 saturated carbocycles. The number of ether oxygens (including phenoxy) is 2. The number of hydrogen-bond acceptors (Lipinski definition) is 4. The van der Waals surface area contributed by atoms with Crippen LogP contribution in [0.25, 0.3) is 16.9 Å². The van der Waals surface area contributed by atoms with Gasteiger partial charge in [0.15, 0.2) is 0 Å². The predicted molar refractivity (Wildman–Crippen MR) is 104 cm³/mol. The van der Waals surface area contributed by atoms with Gasteiger partial charge in [-0.25, -0.2) is 4.68 Å². The number of rotatable bonds is 4. The van der Waals surface area contributed by atoms with Gasteiger partial charge in [0.1, 0.15) is 23.0 Å². The second-order valence-electron chi connectivity index (χ2n) is 5.90. The summed E-state index contributed by atoms with van der Waals surface area (Å²) >= 11 is 12.3. The molecule has 0 atom stereocenters. The molecule has 0 aliphatic carbocycles. The summed E-state index contributed by atoms with van der Waals surface area (Å²) in [6, 6.07) is 11.2. The zero-order chi connectivity index (χ0) is 18.3. The Bertz CT molecular complexity index is 963. The quantitative estimate of drug-likeness (QED) is 0.693. The molecule has 2 aromatic carbocycles. The Morgan fingerprint density at radius 1 is 1.04 bits per heavy atom. The van der Waals surface area contributed by atoms with E-state index in [0.29, 0.717) is 10.0 Å². The topological polar surface area (TPSA) is 48.3 Å². The lowest BCUT2D eigenvalue weighted by Crippen LogP contribution is -2.04. The highest BCUT2D eigenvalue weighted by molar-refractivity contribution is 6.42. The number of fused-ring (bicyclic) bond motifs is 1. The summed E-state index contributed by atoms with van der Waals surface area (Å²) in [5.41, 5.74) is 3.64. The third kappa shape index (κ3) is 2.68. The Balaban J connectivity index is 1.94. The first-order valence-electron chi connectivity index (χ1n) is 8.16. The minimum absolute atomic E-state index is 0.489. The molecule has 1 aromatic heterocycles. The number of aromatic nitrogens is 2. The van der Waals surface area contributed by atoms with Gasteiger partial charge >= 0.3 is 0 Å². The fourth-order valence-corrected chi connectivity index (χ4v) is 3.56. The molecule has 2 heterocycles. The molecule has 4 rings (SSSR count). The van der Waals surface area contributed by atoms with Crippen LogP contribution >= 0.6 is 23.2 Å². The molecule has 5 nitrogen and oxygen atoms in total. The molecular weight excluding hydrogens is 373 g/mol. The SMILES string of the molecule is COc1cccc(OC)c1-c1nn(-c2ccc(Cl)c(Cl)c2)c2c1CCN2. The normalized spacial score (nSPS) is 12.6. The second-order valence-corrected chi connectivity index (χ2v) is 6.71. The fourth-order valence-electron chi connectivity index (χ4n) is 3.26. The van der Waals surface area contributed by atoms with Crippen molar-refractivity contribution in [3.05, 3.63) is 52.0 Å². The number of nitrogens with one attached hydrogen (secondary N) is 1. The van der Waals surface area contributed by atoms with Crippen molar-refractivity contribution >= 4 is 29.0 Å². The van der Waals surface area contributed by atoms with E-state index in [2.05, 4.69) is 5.32 Å². The third-order valence-corrected chi connectivity index (χ3v) is 5.20. The number of nitrogens with zero attached hydrogens (tertiary/aromatic N) is 2. The van der Waals surface area contributed by atoms with Crippen LogP contribution in [-0.2, 0) is 6.42 Å². The smallest absolute Gasteiger partial charge is 0.133 e. The highest BCUT2D eigenvalue weighted by atomic mass is 35.5. The van der Waals surface area contributed by atoms with Crippen LogP contribution in [0.3, 0.4) is 0 Å². The zero-order valence-corrected chi connectivity index (χ0v) is 15.9. The molecule has 0 amide bonds. The first kappa shape index (κ1) is 17.1. The van der Waals surface area contributed by atoms with Crippen LogP contribution < -0.4 is 14.8 Å². The lowest BCUT2D eigenvalue weighted by atomic mass is 10.0. The number of methoxy groups -OCH3 is 2. The molecule has 1 N–H and O–H groups in total. The van der Waals surface area contributed by atoms with Gasteiger partial charge in [0, 0.05) is 12.1 Å². The summed E-state index contributed by atoms with van der Waals surface area (Å²) in [6.07, 6.45) is 0.868. The molecule has 1 aliphatic heterocycles. The van der Waals surface area contributed by atoms with Crippen molar-refractivity contribution in [2.75, 3.05) is 26.1 Å². The van der Waals surface area contributed by atoms with E-state index in [4.69, 9.17) is 37.8 Å². The maximum atomic E-state index is 6.20. The monoisotopic (exact) mass is 389 g/mol. The van der Waals surface area contributed by atoms with Gasteiger partial charge in [-0.15, -0.1) is 0 Å². The highest BCUT2D eigenvalue weighted by Crippen LogP contribution is 2.43. The summed E-state index contributed by atoms with van der Waals surface area (Å²) in [6.45, 7) is 0.846. The second kappa shape index (κ2) is 6.74. The van der Waals surface area contributed by atoms with Gasteiger partial charge in [-0.3, -0.25) is 0 Å². The molecule has 0 unspecified atom stereocenters. The maximum absolute atomic E-state index is 6.20. The minimum atomic E-state index is 0.489. The summed E-state index contributed by atoms with van der Waals surface area (Å²) in [4.78, 5) is 0. The standard InChI is InChI=1S/C19H17Cl2N3O2/c1-25-15-4-3-5-16(26-2)17(15)18-12-8-9-22-19(12)24(23-18)11-6-7-13(20)14(21)10-11/h3-7,10,22H,8-9H2,1-2H3. The Labute approximate surface area is 161 Å². The van der Waals surface area contributed by atoms with E-state index < -0.39 is 0 Å². The maximum Gasteiger partial charge on any atom is 0.133 e. The Kier molecular flexibility index (Phi) is 4.42. The molecule has 3 aromatic rings. The Morgan fingerprint density at radius 2 is 1.77 bits per heavy atom. The van der Waals surface area contributed by atoms with Gasteiger partial charge in [-0.1, -0.05) is 29.3 Å². The first-order chi connectivity index (χ1) is 12.6. The number of benzene rings is 2. The molecule has 26 heavy (non-hydrogen) atoms. The van der Waals surface area contributed by atoms with E-state index >= 15 is 0 Å². The van der Waals surface area contributed by atoms with E-state index in [0.717, 1.165) is 52.8 Å². The molecular formula is C19H17Cl2N3O2. The van der Waals surface area contributed by atoms with Gasteiger partial charge in [-0.05, 0) is 36.8 Å². The van der Waals surface area contributed by atoms with Crippen molar-refractivity contribution in [3.63, 3.8) is 0 Å². The van der Waals surface area contributed by atoms with E-state index in [1.54, 1.807) is 26.4 Å². The van der Waals surface area contributed by atoms with Crippen LogP contribution in [0.5, 0.6) is 11.5 Å². The zero-order valence-electron chi connectivity index (χ0n) is 14.3. The van der Waals surface area contributed by atoms with Crippen molar-refractivity contribution in [1.29, 1.82) is 0 Å². The van der Waals surface area contributed by atoms with Crippen LogP contribution in [0.1, 0.15) is 5.56 Å². The van der Waals surface area contributed by atoms with Crippen LogP contribution in [0, 0.1) is 0 Å². The number of anilines is 1. The lowest BCUT2D eigenvalue weighted by Gasteiger charge is -2.12. The fraction of sp³-hybridized carbons (Fsp3) is 0.211. The molecule has 0 saturated heterocycles. The summed E-state index contributed by atoms with van der Waals surface area (Å²) in [5.74, 6) is 2.39. The molecule has 0 spiro atoms. The summed E-state index contributed by atoms with van der Waals surface area (Å²) in [5, 5.41) is 9.26. The molecule has 134 valence electrons. The average molecular weight is 390 g/mol. The van der Waals surface area contributed by atoms with Crippen LogP contribution in [-0.4, -0.2) is 30.5 Å². The van der Waals surface area contributed by atoms with E-state index in [1.807, 2.05) is 28.9 Å². The van der Waals surface area contributed by atoms with Crippen molar-refractivity contribution in [2.45, 2.75) is 6.42 Å². The number of halogens is 2. The van der Waals surface area contributed by atoms with E-state index in [9.17, 15) is 0 Å².